The number of fused-ring (bicyclic) bond motifs is 5. The Morgan fingerprint density at radius 2 is 1.70 bits per heavy atom. The van der Waals surface area contributed by atoms with Crippen LogP contribution in [0.3, 0.4) is 0 Å². The van der Waals surface area contributed by atoms with Crippen LogP contribution in [0.4, 0.5) is 0 Å². The van der Waals surface area contributed by atoms with Crippen LogP contribution < -0.4 is 0 Å². The van der Waals surface area contributed by atoms with Crippen LogP contribution in [0.5, 0.6) is 0 Å². The van der Waals surface area contributed by atoms with Crippen molar-refractivity contribution in [2.75, 3.05) is 40.5 Å². The summed E-state index contributed by atoms with van der Waals surface area (Å²) >= 11 is 0. The fraction of sp³-hybridized carbons (Fsp3) is 0.882. The van der Waals surface area contributed by atoms with Gasteiger partial charge in [0, 0.05) is 6.54 Å². The zero-order valence-electron chi connectivity index (χ0n) is 26.3. The summed E-state index contributed by atoms with van der Waals surface area (Å²) < 4.78 is 15.9. The molecular weight excluding hydrogens is 502 g/mol. The van der Waals surface area contributed by atoms with Gasteiger partial charge in [0.25, 0.3) is 0 Å². The largest absolute Gasteiger partial charge is 0.468 e. The molecular formula is C34H57NO5. The number of carbonyl (C=O) groups excluding carboxylic acids is 2. The van der Waals surface area contributed by atoms with Crippen LogP contribution in [0, 0.1) is 40.4 Å². The van der Waals surface area contributed by atoms with E-state index < -0.39 is 0 Å². The van der Waals surface area contributed by atoms with Crippen LogP contribution in [0.15, 0.2) is 11.6 Å². The molecule has 0 spiro atoms. The molecule has 3 fully saturated rings. The van der Waals surface area contributed by atoms with E-state index in [0.717, 1.165) is 42.4 Å². The Morgan fingerprint density at radius 3 is 2.38 bits per heavy atom. The third kappa shape index (κ3) is 6.97. The number of hydrogen-bond donors (Lipinski definition) is 0. The summed E-state index contributed by atoms with van der Waals surface area (Å²) in [6.45, 7) is 11.1. The van der Waals surface area contributed by atoms with Crippen LogP contribution in [0.25, 0.3) is 0 Å². The fourth-order valence-corrected chi connectivity index (χ4v) is 9.35. The monoisotopic (exact) mass is 559 g/mol. The molecule has 0 aromatic carbocycles. The number of rotatable bonds is 13. The predicted molar refractivity (Wildman–Crippen MR) is 159 cm³/mol. The second-order valence-corrected chi connectivity index (χ2v) is 14.4. The number of allylic oxidation sites excluding steroid dienone is 1. The van der Waals surface area contributed by atoms with E-state index in [4.69, 9.17) is 14.2 Å². The summed E-state index contributed by atoms with van der Waals surface area (Å²) in [5.41, 5.74) is 2.51. The van der Waals surface area contributed by atoms with Crippen LogP contribution in [-0.2, 0) is 23.8 Å². The number of hydrogen-bond acceptors (Lipinski definition) is 6. The van der Waals surface area contributed by atoms with Crippen LogP contribution >= 0.6 is 0 Å². The molecule has 4 aliphatic rings. The van der Waals surface area contributed by atoms with E-state index in [2.05, 4.69) is 33.8 Å². The van der Waals surface area contributed by atoms with Crippen molar-refractivity contribution in [3.05, 3.63) is 11.6 Å². The van der Waals surface area contributed by atoms with E-state index in [1.54, 1.807) is 10.5 Å². The summed E-state index contributed by atoms with van der Waals surface area (Å²) in [4.78, 5) is 25.3. The van der Waals surface area contributed by atoms with E-state index in [-0.39, 0.29) is 31.1 Å². The molecule has 0 radical (unpaired) electrons. The van der Waals surface area contributed by atoms with Crippen molar-refractivity contribution < 1.29 is 23.8 Å². The number of nitrogens with zero attached hydrogens (tertiary/aromatic N) is 1. The minimum absolute atomic E-state index is 0.0603. The Hall–Kier alpha value is -1.40. The molecule has 40 heavy (non-hydrogen) atoms. The van der Waals surface area contributed by atoms with Gasteiger partial charge in [-0.2, -0.15) is 0 Å². The first-order valence-electron chi connectivity index (χ1n) is 16.3. The van der Waals surface area contributed by atoms with Crippen molar-refractivity contribution in [1.82, 2.24) is 4.90 Å². The molecule has 0 saturated heterocycles. The van der Waals surface area contributed by atoms with Gasteiger partial charge >= 0.3 is 11.9 Å². The Kier molecular flexibility index (Phi) is 10.8. The zero-order chi connectivity index (χ0) is 28.9. The topological polar surface area (TPSA) is 65.1 Å². The molecule has 4 aliphatic carbocycles. The maximum atomic E-state index is 11.8. The maximum Gasteiger partial charge on any atom is 0.319 e. The van der Waals surface area contributed by atoms with Crippen molar-refractivity contribution in [2.24, 2.45) is 40.4 Å². The van der Waals surface area contributed by atoms with Crippen LogP contribution in [0.2, 0.25) is 0 Å². The number of ether oxygens (including phenoxy) is 3. The van der Waals surface area contributed by atoms with Gasteiger partial charge < -0.3 is 14.2 Å². The van der Waals surface area contributed by atoms with Crippen molar-refractivity contribution in [3.8, 4) is 0 Å². The molecule has 0 aromatic heterocycles. The first-order chi connectivity index (χ1) is 19.1. The highest BCUT2D eigenvalue weighted by Crippen LogP contribution is 2.66. The Balaban J connectivity index is 1.31. The SMILES string of the molecule is COC(=O)CN(CCOC1CCC2(C)C(=CCC3C2CCC2(C)C(CCCCC(C)C)CCC32)C1)CC(=O)OC. The lowest BCUT2D eigenvalue weighted by molar-refractivity contribution is -0.146. The van der Waals surface area contributed by atoms with E-state index >= 15 is 0 Å². The Morgan fingerprint density at radius 1 is 0.975 bits per heavy atom. The van der Waals surface area contributed by atoms with Gasteiger partial charge in [-0.15, -0.1) is 0 Å². The minimum atomic E-state index is -0.359. The number of carbonyl (C=O) groups is 2. The molecule has 6 heteroatoms. The lowest BCUT2D eigenvalue weighted by atomic mass is 9.47. The van der Waals surface area contributed by atoms with Crippen molar-refractivity contribution in [2.45, 2.75) is 111 Å². The molecule has 0 heterocycles. The smallest absolute Gasteiger partial charge is 0.319 e. The summed E-state index contributed by atoms with van der Waals surface area (Å²) in [5, 5.41) is 0. The summed E-state index contributed by atoms with van der Waals surface area (Å²) in [6.07, 6.45) is 18.8. The van der Waals surface area contributed by atoms with Gasteiger partial charge in [0.05, 0.1) is 40.0 Å². The van der Waals surface area contributed by atoms with E-state index in [1.165, 1.54) is 78.4 Å². The molecule has 4 rings (SSSR count). The van der Waals surface area contributed by atoms with Gasteiger partial charge in [0.15, 0.2) is 0 Å². The molecule has 7 unspecified atom stereocenters. The highest BCUT2D eigenvalue weighted by atomic mass is 16.5. The second kappa shape index (κ2) is 13.7. The van der Waals surface area contributed by atoms with Crippen LogP contribution in [-0.4, -0.2) is 63.4 Å². The zero-order valence-corrected chi connectivity index (χ0v) is 26.3. The number of esters is 2. The minimum Gasteiger partial charge on any atom is -0.468 e. The average Bonchev–Trinajstić information content (AvgIpc) is 3.26. The van der Waals surface area contributed by atoms with Crippen molar-refractivity contribution in [1.29, 1.82) is 0 Å². The van der Waals surface area contributed by atoms with Gasteiger partial charge in [-0.1, -0.05) is 58.6 Å². The molecule has 0 aliphatic heterocycles. The van der Waals surface area contributed by atoms with Gasteiger partial charge in [-0.3, -0.25) is 14.5 Å². The molecule has 0 aromatic rings. The van der Waals surface area contributed by atoms with Crippen molar-refractivity contribution >= 4 is 11.9 Å². The number of unbranched alkanes of at least 4 members (excludes halogenated alkanes) is 1. The quantitative estimate of drug-likeness (QED) is 0.140. The van der Waals surface area contributed by atoms with Gasteiger partial charge in [0.1, 0.15) is 0 Å². The maximum absolute atomic E-state index is 11.8. The molecule has 0 amide bonds. The molecule has 3 saturated carbocycles. The molecule has 228 valence electrons. The highest BCUT2D eigenvalue weighted by molar-refractivity contribution is 5.74. The van der Waals surface area contributed by atoms with E-state index in [9.17, 15) is 9.59 Å². The average molecular weight is 560 g/mol. The van der Waals surface area contributed by atoms with Gasteiger partial charge in [-0.05, 0) is 98.2 Å². The first-order valence-corrected chi connectivity index (χ1v) is 16.3. The summed E-state index contributed by atoms with van der Waals surface area (Å²) in [5.74, 6) is 3.63. The van der Waals surface area contributed by atoms with Gasteiger partial charge in [-0.25, -0.2) is 0 Å². The first kappa shape index (κ1) is 31.5. The summed E-state index contributed by atoms with van der Waals surface area (Å²) in [7, 11) is 2.73. The van der Waals surface area contributed by atoms with Crippen molar-refractivity contribution in [3.63, 3.8) is 0 Å². The van der Waals surface area contributed by atoms with Crippen LogP contribution in [0.1, 0.15) is 105 Å². The predicted octanol–water partition coefficient (Wildman–Crippen LogP) is 6.82. The Bertz CT molecular complexity index is 883. The highest BCUT2D eigenvalue weighted by Gasteiger charge is 2.58. The molecule has 0 bridgehead atoms. The fourth-order valence-electron chi connectivity index (χ4n) is 9.35. The second-order valence-electron chi connectivity index (χ2n) is 14.4. The van der Waals surface area contributed by atoms with E-state index in [0.29, 0.717) is 24.0 Å². The molecule has 6 nitrogen and oxygen atoms in total. The standard InChI is InChI=1S/C34H57NO5/c1-24(2)9-7-8-10-25-12-14-29-28-13-11-26-21-27(15-17-34(26,4)30(28)16-18-33(25,29)3)40-20-19-35(22-31(36)38-5)23-32(37)39-6/h11,24-25,27-30H,7-10,12-23H2,1-6H3. The lowest BCUT2D eigenvalue weighted by Crippen LogP contribution is -2.50. The third-order valence-electron chi connectivity index (χ3n) is 11.8. The van der Waals surface area contributed by atoms with E-state index in [1.807, 2.05) is 0 Å². The molecule has 7 atom stereocenters. The van der Waals surface area contributed by atoms with Gasteiger partial charge in [0.2, 0.25) is 0 Å². The third-order valence-corrected chi connectivity index (χ3v) is 11.8. The summed E-state index contributed by atoms with van der Waals surface area (Å²) in [6, 6.07) is 0. The molecule has 0 N–H and O–H groups in total. The normalized spacial score (nSPS) is 35.1. The number of methoxy groups -OCH3 is 2. The lowest BCUT2D eigenvalue weighted by Gasteiger charge is -2.58. The Labute approximate surface area is 243 Å².